The van der Waals surface area contributed by atoms with Crippen LogP contribution in [0.3, 0.4) is 0 Å². The number of benzene rings is 1. The van der Waals surface area contributed by atoms with Gasteiger partial charge < -0.3 is 5.32 Å². The van der Waals surface area contributed by atoms with Gasteiger partial charge in [-0.2, -0.15) is 0 Å². The second-order valence-electron chi connectivity index (χ2n) is 4.91. The average molecular weight is 255 g/mol. The van der Waals surface area contributed by atoms with Gasteiger partial charge in [0.25, 0.3) is 0 Å². The highest BCUT2D eigenvalue weighted by Crippen LogP contribution is 2.22. The van der Waals surface area contributed by atoms with Crippen LogP contribution in [0.4, 0.5) is 5.82 Å². The van der Waals surface area contributed by atoms with Crippen molar-refractivity contribution in [1.29, 1.82) is 0 Å². The van der Waals surface area contributed by atoms with Crippen LogP contribution in [-0.4, -0.2) is 16.5 Å². The third kappa shape index (κ3) is 3.31. The molecule has 2 aromatic rings. The van der Waals surface area contributed by atoms with Crippen molar-refractivity contribution in [2.24, 2.45) is 0 Å². The number of hydrogen-bond donors (Lipinski definition) is 1. The van der Waals surface area contributed by atoms with Crippen LogP contribution in [0.5, 0.6) is 0 Å². The fourth-order valence-corrected chi connectivity index (χ4v) is 1.96. The molecule has 0 atom stereocenters. The molecule has 3 heteroatoms. The number of nitrogens with one attached hydrogen (secondary N) is 1. The van der Waals surface area contributed by atoms with E-state index >= 15 is 0 Å². The van der Waals surface area contributed by atoms with Crippen LogP contribution >= 0.6 is 0 Å². The third-order valence-electron chi connectivity index (χ3n) is 3.20. The van der Waals surface area contributed by atoms with Crippen molar-refractivity contribution in [1.82, 2.24) is 9.97 Å². The highest BCUT2D eigenvalue weighted by molar-refractivity contribution is 5.64. The third-order valence-corrected chi connectivity index (χ3v) is 3.20. The molecule has 0 radical (unpaired) electrons. The van der Waals surface area contributed by atoms with Crippen LogP contribution in [0.15, 0.2) is 24.3 Å². The standard InChI is InChI=1S/C16H21N3/c1-5-8-17-16-10-15(18-13(4)19-16)14-7-6-11(2)12(3)9-14/h6-7,9-10H,5,8H2,1-4H3,(H,17,18,19). The summed E-state index contributed by atoms with van der Waals surface area (Å²) in [6.07, 6.45) is 1.09. The summed E-state index contributed by atoms with van der Waals surface area (Å²) in [6.45, 7) is 9.26. The van der Waals surface area contributed by atoms with Crippen LogP contribution < -0.4 is 5.32 Å². The maximum Gasteiger partial charge on any atom is 0.130 e. The Morgan fingerprint density at radius 3 is 2.47 bits per heavy atom. The molecule has 0 amide bonds. The molecule has 0 bridgehead atoms. The van der Waals surface area contributed by atoms with E-state index in [2.05, 4.69) is 54.3 Å². The first-order chi connectivity index (χ1) is 9.10. The molecule has 1 heterocycles. The minimum absolute atomic E-state index is 0.800. The Labute approximate surface area is 115 Å². The summed E-state index contributed by atoms with van der Waals surface area (Å²) >= 11 is 0. The number of aryl methyl sites for hydroxylation is 3. The summed E-state index contributed by atoms with van der Waals surface area (Å²) in [5.41, 5.74) is 4.72. The van der Waals surface area contributed by atoms with Crippen LogP contribution in [0.25, 0.3) is 11.3 Å². The van der Waals surface area contributed by atoms with Gasteiger partial charge in [-0.3, -0.25) is 0 Å². The number of rotatable bonds is 4. The van der Waals surface area contributed by atoms with Crippen molar-refractivity contribution in [3.05, 3.63) is 41.2 Å². The van der Waals surface area contributed by atoms with E-state index in [0.29, 0.717) is 0 Å². The van der Waals surface area contributed by atoms with E-state index in [-0.39, 0.29) is 0 Å². The fraction of sp³-hybridized carbons (Fsp3) is 0.375. The zero-order valence-electron chi connectivity index (χ0n) is 12.1. The number of aromatic nitrogens is 2. The number of hydrogen-bond acceptors (Lipinski definition) is 3. The average Bonchev–Trinajstić information content (AvgIpc) is 2.39. The second-order valence-corrected chi connectivity index (χ2v) is 4.91. The highest BCUT2D eigenvalue weighted by atomic mass is 15.0. The van der Waals surface area contributed by atoms with Gasteiger partial charge in [0.1, 0.15) is 11.6 Å². The minimum atomic E-state index is 0.800. The molecule has 0 saturated carbocycles. The fourth-order valence-electron chi connectivity index (χ4n) is 1.96. The predicted octanol–water partition coefficient (Wildman–Crippen LogP) is 3.89. The van der Waals surface area contributed by atoms with Gasteiger partial charge in [-0.25, -0.2) is 9.97 Å². The normalized spacial score (nSPS) is 10.5. The molecular formula is C16H21N3. The van der Waals surface area contributed by atoms with Gasteiger partial charge in [-0.15, -0.1) is 0 Å². The lowest BCUT2D eigenvalue weighted by atomic mass is 10.0. The zero-order valence-corrected chi connectivity index (χ0v) is 12.1. The first-order valence-corrected chi connectivity index (χ1v) is 6.77. The van der Waals surface area contributed by atoms with Crippen molar-refractivity contribution in [3.63, 3.8) is 0 Å². The van der Waals surface area contributed by atoms with E-state index in [1.807, 2.05) is 13.0 Å². The first-order valence-electron chi connectivity index (χ1n) is 6.77. The largest absolute Gasteiger partial charge is 0.370 e. The van der Waals surface area contributed by atoms with E-state index in [0.717, 1.165) is 35.9 Å². The van der Waals surface area contributed by atoms with Crippen LogP contribution in [0.2, 0.25) is 0 Å². The molecule has 2 rings (SSSR count). The summed E-state index contributed by atoms with van der Waals surface area (Å²) in [6, 6.07) is 8.46. The Hall–Kier alpha value is -1.90. The maximum absolute atomic E-state index is 4.53. The Bertz CT molecular complexity index is 576. The maximum atomic E-state index is 4.53. The quantitative estimate of drug-likeness (QED) is 0.900. The highest BCUT2D eigenvalue weighted by Gasteiger charge is 2.05. The van der Waals surface area contributed by atoms with E-state index in [4.69, 9.17) is 0 Å². The molecule has 1 aromatic carbocycles. The minimum Gasteiger partial charge on any atom is -0.370 e. The summed E-state index contributed by atoms with van der Waals surface area (Å²) in [4.78, 5) is 8.95. The van der Waals surface area contributed by atoms with Gasteiger partial charge in [-0.1, -0.05) is 19.1 Å². The van der Waals surface area contributed by atoms with E-state index in [1.165, 1.54) is 11.1 Å². The van der Waals surface area contributed by atoms with Crippen molar-refractivity contribution >= 4 is 5.82 Å². The Balaban J connectivity index is 2.37. The van der Waals surface area contributed by atoms with Crippen LogP contribution in [-0.2, 0) is 0 Å². The van der Waals surface area contributed by atoms with Crippen molar-refractivity contribution in [2.45, 2.75) is 34.1 Å². The summed E-state index contributed by atoms with van der Waals surface area (Å²) < 4.78 is 0. The Morgan fingerprint density at radius 2 is 1.79 bits per heavy atom. The smallest absolute Gasteiger partial charge is 0.130 e. The van der Waals surface area contributed by atoms with Gasteiger partial charge in [0, 0.05) is 18.2 Å². The molecular weight excluding hydrogens is 234 g/mol. The van der Waals surface area contributed by atoms with Crippen molar-refractivity contribution in [3.8, 4) is 11.3 Å². The molecule has 1 aromatic heterocycles. The zero-order chi connectivity index (χ0) is 13.8. The van der Waals surface area contributed by atoms with Gasteiger partial charge >= 0.3 is 0 Å². The molecule has 1 N–H and O–H groups in total. The van der Waals surface area contributed by atoms with Gasteiger partial charge in [0.15, 0.2) is 0 Å². The molecule has 0 spiro atoms. The lowest BCUT2D eigenvalue weighted by molar-refractivity contribution is 0.955. The lowest BCUT2D eigenvalue weighted by Gasteiger charge is -2.09. The topological polar surface area (TPSA) is 37.8 Å². The van der Waals surface area contributed by atoms with Gasteiger partial charge in [0.05, 0.1) is 5.69 Å². The molecule has 0 saturated heterocycles. The van der Waals surface area contributed by atoms with Crippen LogP contribution in [0.1, 0.15) is 30.3 Å². The molecule has 0 fully saturated rings. The Kier molecular flexibility index (Phi) is 4.15. The molecule has 0 aliphatic heterocycles. The molecule has 3 nitrogen and oxygen atoms in total. The summed E-state index contributed by atoms with van der Waals surface area (Å²) in [7, 11) is 0. The van der Waals surface area contributed by atoms with Gasteiger partial charge in [0.2, 0.25) is 0 Å². The monoisotopic (exact) mass is 255 g/mol. The summed E-state index contributed by atoms with van der Waals surface area (Å²) in [5.74, 6) is 1.71. The predicted molar refractivity (Wildman–Crippen MR) is 80.5 cm³/mol. The van der Waals surface area contributed by atoms with Gasteiger partial charge in [-0.05, 0) is 44.4 Å². The van der Waals surface area contributed by atoms with E-state index < -0.39 is 0 Å². The van der Waals surface area contributed by atoms with Crippen molar-refractivity contribution < 1.29 is 0 Å². The second kappa shape index (κ2) is 5.83. The number of anilines is 1. The van der Waals surface area contributed by atoms with E-state index in [1.54, 1.807) is 0 Å². The van der Waals surface area contributed by atoms with Crippen LogP contribution in [0, 0.1) is 20.8 Å². The molecule has 0 aliphatic carbocycles. The Morgan fingerprint density at radius 1 is 1.00 bits per heavy atom. The van der Waals surface area contributed by atoms with Crippen molar-refractivity contribution in [2.75, 3.05) is 11.9 Å². The van der Waals surface area contributed by atoms with E-state index in [9.17, 15) is 0 Å². The molecule has 0 aliphatic rings. The molecule has 19 heavy (non-hydrogen) atoms. The SMILES string of the molecule is CCCNc1cc(-c2ccc(C)c(C)c2)nc(C)n1. The first kappa shape index (κ1) is 13.5. The molecule has 100 valence electrons. The lowest BCUT2D eigenvalue weighted by Crippen LogP contribution is -2.04. The summed E-state index contributed by atoms with van der Waals surface area (Å²) in [5, 5.41) is 3.32. The molecule has 0 unspecified atom stereocenters. The number of nitrogens with zero attached hydrogens (tertiary/aromatic N) is 2.